The van der Waals surface area contributed by atoms with Crippen LogP contribution in [-0.4, -0.2) is 19.1 Å². The molecule has 0 saturated heterocycles. The lowest BCUT2D eigenvalue weighted by Gasteiger charge is -2.13. The summed E-state index contributed by atoms with van der Waals surface area (Å²) in [6.07, 6.45) is 1.37. The standard InChI is InChI=1S/C18H21FN2O3/c1-3-6-14(20)18(22)21-12-9-10-15(13(19)11-12)24-17-8-5-4-7-16(17)23-2/h4-5,7-11,14H,3,6,20H2,1-2H3,(H,21,22). The van der Waals surface area contributed by atoms with Gasteiger partial charge in [-0.2, -0.15) is 0 Å². The van der Waals surface area contributed by atoms with Crippen molar-refractivity contribution in [2.75, 3.05) is 12.4 Å². The van der Waals surface area contributed by atoms with Gasteiger partial charge in [0.1, 0.15) is 0 Å². The van der Waals surface area contributed by atoms with Gasteiger partial charge >= 0.3 is 0 Å². The van der Waals surface area contributed by atoms with E-state index in [0.717, 1.165) is 6.42 Å². The van der Waals surface area contributed by atoms with Crippen molar-refractivity contribution in [3.05, 3.63) is 48.3 Å². The molecule has 0 aromatic heterocycles. The predicted molar refractivity (Wildman–Crippen MR) is 91.0 cm³/mol. The quantitative estimate of drug-likeness (QED) is 0.811. The lowest BCUT2D eigenvalue weighted by molar-refractivity contribution is -0.117. The maximum absolute atomic E-state index is 14.2. The SMILES string of the molecule is CCCC(N)C(=O)Nc1ccc(Oc2ccccc2OC)c(F)c1. The van der Waals surface area contributed by atoms with Crippen molar-refractivity contribution < 1.29 is 18.7 Å². The molecule has 0 saturated carbocycles. The summed E-state index contributed by atoms with van der Waals surface area (Å²) in [5.74, 6) is 0.00763. The molecule has 0 heterocycles. The molecule has 0 aliphatic rings. The molecule has 24 heavy (non-hydrogen) atoms. The summed E-state index contributed by atoms with van der Waals surface area (Å²) in [7, 11) is 1.51. The molecule has 1 unspecified atom stereocenters. The molecule has 0 radical (unpaired) electrons. The number of anilines is 1. The van der Waals surface area contributed by atoms with Crippen molar-refractivity contribution >= 4 is 11.6 Å². The number of halogens is 1. The summed E-state index contributed by atoms with van der Waals surface area (Å²) in [5, 5.41) is 2.60. The normalized spacial score (nSPS) is 11.7. The van der Waals surface area contributed by atoms with Crippen LogP contribution in [-0.2, 0) is 4.79 Å². The van der Waals surface area contributed by atoms with Gasteiger partial charge in [-0.15, -0.1) is 0 Å². The van der Waals surface area contributed by atoms with Crippen molar-refractivity contribution in [1.29, 1.82) is 0 Å². The summed E-state index contributed by atoms with van der Waals surface area (Å²) in [5.41, 5.74) is 6.06. The Balaban J connectivity index is 2.11. The number of methoxy groups -OCH3 is 1. The van der Waals surface area contributed by atoms with Gasteiger partial charge in [0.15, 0.2) is 23.1 Å². The molecule has 2 aromatic carbocycles. The number of benzene rings is 2. The molecule has 2 aromatic rings. The van der Waals surface area contributed by atoms with E-state index in [2.05, 4.69) is 5.32 Å². The van der Waals surface area contributed by atoms with Gasteiger partial charge < -0.3 is 20.5 Å². The molecule has 0 aliphatic heterocycles. The van der Waals surface area contributed by atoms with Crippen LogP contribution < -0.4 is 20.5 Å². The number of rotatable bonds is 7. The molecular formula is C18H21FN2O3. The van der Waals surface area contributed by atoms with E-state index in [4.69, 9.17) is 15.2 Å². The van der Waals surface area contributed by atoms with Gasteiger partial charge in [0.25, 0.3) is 0 Å². The zero-order valence-corrected chi connectivity index (χ0v) is 13.7. The third-order valence-electron chi connectivity index (χ3n) is 3.42. The van der Waals surface area contributed by atoms with Crippen molar-refractivity contribution in [2.45, 2.75) is 25.8 Å². The molecule has 0 bridgehead atoms. The van der Waals surface area contributed by atoms with E-state index in [1.54, 1.807) is 30.3 Å². The van der Waals surface area contributed by atoms with E-state index >= 15 is 0 Å². The van der Waals surface area contributed by atoms with E-state index in [1.165, 1.54) is 19.2 Å². The van der Waals surface area contributed by atoms with Crippen LogP contribution in [0.4, 0.5) is 10.1 Å². The highest BCUT2D eigenvalue weighted by molar-refractivity contribution is 5.94. The Morgan fingerprint density at radius 3 is 2.54 bits per heavy atom. The molecule has 0 spiro atoms. The van der Waals surface area contributed by atoms with Gasteiger partial charge in [-0.1, -0.05) is 25.5 Å². The second kappa shape index (κ2) is 8.31. The van der Waals surface area contributed by atoms with E-state index in [-0.39, 0.29) is 11.7 Å². The molecule has 1 amide bonds. The Labute approximate surface area is 140 Å². The van der Waals surface area contributed by atoms with Gasteiger partial charge in [0, 0.05) is 11.8 Å². The number of para-hydroxylation sites is 2. The van der Waals surface area contributed by atoms with Crippen molar-refractivity contribution in [3.8, 4) is 17.2 Å². The largest absolute Gasteiger partial charge is 0.493 e. The zero-order valence-electron chi connectivity index (χ0n) is 13.7. The first-order valence-corrected chi connectivity index (χ1v) is 7.72. The van der Waals surface area contributed by atoms with Gasteiger partial charge in [-0.3, -0.25) is 4.79 Å². The minimum Gasteiger partial charge on any atom is -0.493 e. The van der Waals surface area contributed by atoms with E-state index in [9.17, 15) is 9.18 Å². The molecule has 5 nitrogen and oxygen atoms in total. The van der Waals surface area contributed by atoms with Gasteiger partial charge in [0.2, 0.25) is 5.91 Å². The van der Waals surface area contributed by atoms with Crippen LogP contribution in [0.15, 0.2) is 42.5 Å². The number of hydrogen-bond acceptors (Lipinski definition) is 4. The topological polar surface area (TPSA) is 73.6 Å². The smallest absolute Gasteiger partial charge is 0.241 e. The Hall–Kier alpha value is -2.60. The van der Waals surface area contributed by atoms with Crippen molar-refractivity contribution in [1.82, 2.24) is 0 Å². The van der Waals surface area contributed by atoms with E-state index < -0.39 is 11.9 Å². The monoisotopic (exact) mass is 332 g/mol. The Bertz CT molecular complexity index is 706. The van der Waals surface area contributed by atoms with Crippen LogP contribution in [0.2, 0.25) is 0 Å². The number of nitrogens with one attached hydrogen (secondary N) is 1. The van der Waals surface area contributed by atoms with Gasteiger partial charge in [-0.05, 0) is 30.7 Å². The maximum Gasteiger partial charge on any atom is 0.241 e. The highest BCUT2D eigenvalue weighted by atomic mass is 19.1. The average Bonchev–Trinajstić information content (AvgIpc) is 2.58. The number of carbonyl (C=O) groups is 1. The molecule has 128 valence electrons. The summed E-state index contributed by atoms with van der Waals surface area (Å²) in [4.78, 5) is 11.9. The molecule has 3 N–H and O–H groups in total. The zero-order chi connectivity index (χ0) is 17.5. The lowest BCUT2D eigenvalue weighted by Crippen LogP contribution is -2.35. The third kappa shape index (κ3) is 4.45. The number of ether oxygens (including phenoxy) is 2. The maximum atomic E-state index is 14.2. The summed E-state index contributed by atoms with van der Waals surface area (Å²) < 4.78 is 24.9. The molecule has 0 aliphatic carbocycles. The molecule has 2 rings (SSSR count). The van der Waals surface area contributed by atoms with Crippen LogP contribution in [0.3, 0.4) is 0 Å². The van der Waals surface area contributed by atoms with Gasteiger partial charge in [-0.25, -0.2) is 4.39 Å². The third-order valence-corrected chi connectivity index (χ3v) is 3.42. The number of amides is 1. The molecule has 1 atom stereocenters. The predicted octanol–water partition coefficient (Wildman–Crippen LogP) is 3.69. The Kier molecular flexibility index (Phi) is 6.14. The van der Waals surface area contributed by atoms with Crippen LogP contribution in [0, 0.1) is 5.82 Å². The summed E-state index contributed by atoms with van der Waals surface area (Å²) in [6.45, 7) is 1.94. The van der Waals surface area contributed by atoms with Gasteiger partial charge in [0.05, 0.1) is 13.2 Å². The summed E-state index contributed by atoms with van der Waals surface area (Å²) in [6, 6.07) is 10.5. The second-order valence-corrected chi connectivity index (χ2v) is 5.28. The average molecular weight is 332 g/mol. The Morgan fingerprint density at radius 1 is 1.21 bits per heavy atom. The van der Waals surface area contributed by atoms with Crippen LogP contribution >= 0.6 is 0 Å². The highest BCUT2D eigenvalue weighted by Gasteiger charge is 2.14. The summed E-state index contributed by atoms with van der Waals surface area (Å²) >= 11 is 0. The molecular weight excluding hydrogens is 311 g/mol. The fourth-order valence-corrected chi connectivity index (χ4v) is 2.16. The number of nitrogens with two attached hydrogens (primary N) is 1. The fourth-order valence-electron chi connectivity index (χ4n) is 2.16. The van der Waals surface area contributed by atoms with Crippen LogP contribution in [0.25, 0.3) is 0 Å². The first kappa shape index (κ1) is 17.7. The molecule has 6 heteroatoms. The van der Waals surface area contributed by atoms with Crippen LogP contribution in [0.5, 0.6) is 17.2 Å². The van der Waals surface area contributed by atoms with Crippen molar-refractivity contribution in [2.24, 2.45) is 5.73 Å². The van der Waals surface area contributed by atoms with E-state index in [0.29, 0.717) is 23.6 Å². The lowest BCUT2D eigenvalue weighted by atomic mass is 10.1. The van der Waals surface area contributed by atoms with Crippen molar-refractivity contribution in [3.63, 3.8) is 0 Å². The van der Waals surface area contributed by atoms with Crippen LogP contribution in [0.1, 0.15) is 19.8 Å². The minimum absolute atomic E-state index is 0.0374. The first-order valence-electron chi connectivity index (χ1n) is 7.72. The first-order chi connectivity index (χ1) is 11.5. The van der Waals surface area contributed by atoms with E-state index in [1.807, 2.05) is 6.92 Å². The molecule has 0 fully saturated rings. The number of hydrogen-bond donors (Lipinski definition) is 2. The fraction of sp³-hybridized carbons (Fsp3) is 0.278. The second-order valence-electron chi connectivity index (χ2n) is 5.28. The highest BCUT2D eigenvalue weighted by Crippen LogP contribution is 2.33. The minimum atomic E-state index is -0.609. The number of carbonyl (C=O) groups excluding carboxylic acids is 1. The Morgan fingerprint density at radius 2 is 1.92 bits per heavy atom.